The third kappa shape index (κ3) is 6.30. The van der Waals surface area contributed by atoms with Gasteiger partial charge >= 0.3 is 0 Å². The number of aromatic nitrogens is 2. The van der Waals surface area contributed by atoms with Gasteiger partial charge in [-0.2, -0.15) is 5.10 Å². The van der Waals surface area contributed by atoms with Crippen molar-refractivity contribution in [2.45, 2.75) is 20.0 Å². The summed E-state index contributed by atoms with van der Waals surface area (Å²) in [5.74, 6) is 0.440. The van der Waals surface area contributed by atoms with Crippen LogP contribution >= 0.6 is 24.0 Å². The average Bonchev–Trinajstić information content (AvgIpc) is 2.96. The molecule has 0 aliphatic carbocycles. The lowest BCUT2D eigenvalue weighted by atomic mass is 10.1. The SMILES string of the molecule is C=C(C)CNC(N)=NCc1cccc(Cn2cccn2)c1.I. The van der Waals surface area contributed by atoms with E-state index in [1.54, 1.807) is 6.20 Å². The molecule has 0 bridgehead atoms. The second-order valence-corrected chi connectivity index (χ2v) is 5.04. The summed E-state index contributed by atoms with van der Waals surface area (Å²) in [6, 6.07) is 10.2. The second kappa shape index (κ2) is 9.24. The molecule has 118 valence electrons. The molecule has 0 saturated carbocycles. The Balaban J connectivity index is 0.00000242. The summed E-state index contributed by atoms with van der Waals surface area (Å²) in [5, 5.41) is 7.22. The monoisotopic (exact) mass is 411 g/mol. The van der Waals surface area contributed by atoms with Gasteiger partial charge in [-0.05, 0) is 24.1 Å². The normalized spacial score (nSPS) is 10.9. The van der Waals surface area contributed by atoms with Crippen LogP contribution in [0.1, 0.15) is 18.1 Å². The third-order valence-electron chi connectivity index (χ3n) is 2.90. The van der Waals surface area contributed by atoms with Crippen LogP contribution in [-0.2, 0) is 13.1 Å². The van der Waals surface area contributed by atoms with Gasteiger partial charge in [-0.25, -0.2) is 4.99 Å². The summed E-state index contributed by atoms with van der Waals surface area (Å²) in [6.45, 7) is 7.72. The van der Waals surface area contributed by atoms with E-state index in [1.165, 1.54) is 5.56 Å². The van der Waals surface area contributed by atoms with Gasteiger partial charge in [-0.15, -0.1) is 24.0 Å². The van der Waals surface area contributed by atoms with Crippen LogP contribution in [0.5, 0.6) is 0 Å². The maximum absolute atomic E-state index is 5.80. The van der Waals surface area contributed by atoms with Crippen molar-refractivity contribution >= 4 is 29.9 Å². The molecule has 0 unspecified atom stereocenters. The number of guanidine groups is 1. The Labute approximate surface area is 148 Å². The Bertz CT molecular complexity index is 619. The molecule has 22 heavy (non-hydrogen) atoms. The smallest absolute Gasteiger partial charge is 0.189 e. The van der Waals surface area contributed by atoms with Crippen LogP contribution in [-0.4, -0.2) is 22.3 Å². The number of nitrogens with one attached hydrogen (secondary N) is 1. The van der Waals surface area contributed by atoms with Crippen molar-refractivity contribution in [2.24, 2.45) is 10.7 Å². The molecule has 1 aromatic heterocycles. The molecule has 1 aromatic carbocycles. The Morgan fingerprint density at radius 3 is 2.82 bits per heavy atom. The Kier molecular flexibility index (Phi) is 7.65. The lowest BCUT2D eigenvalue weighted by Gasteiger charge is -2.06. The van der Waals surface area contributed by atoms with Crippen LogP contribution < -0.4 is 11.1 Å². The van der Waals surface area contributed by atoms with E-state index in [2.05, 4.69) is 34.1 Å². The van der Waals surface area contributed by atoms with Crippen LogP contribution in [0.2, 0.25) is 0 Å². The minimum absolute atomic E-state index is 0. The number of hydrogen-bond acceptors (Lipinski definition) is 2. The predicted molar refractivity (Wildman–Crippen MR) is 101 cm³/mol. The summed E-state index contributed by atoms with van der Waals surface area (Å²) in [7, 11) is 0. The highest BCUT2D eigenvalue weighted by atomic mass is 127. The zero-order chi connectivity index (χ0) is 15.1. The lowest BCUT2D eigenvalue weighted by Crippen LogP contribution is -2.32. The van der Waals surface area contributed by atoms with Gasteiger partial charge in [0.25, 0.3) is 0 Å². The molecular formula is C16H22IN5. The fraction of sp³-hybridized carbons (Fsp3) is 0.250. The molecule has 0 radical (unpaired) electrons. The first-order valence-electron chi connectivity index (χ1n) is 6.87. The van der Waals surface area contributed by atoms with E-state index in [-0.39, 0.29) is 24.0 Å². The van der Waals surface area contributed by atoms with Crippen LogP contribution in [0, 0.1) is 0 Å². The van der Waals surface area contributed by atoms with Gasteiger partial charge in [0, 0.05) is 18.9 Å². The molecule has 1 heterocycles. The Morgan fingerprint density at radius 2 is 2.14 bits per heavy atom. The average molecular weight is 411 g/mol. The minimum atomic E-state index is 0. The van der Waals surface area contributed by atoms with E-state index in [9.17, 15) is 0 Å². The van der Waals surface area contributed by atoms with E-state index >= 15 is 0 Å². The second-order valence-electron chi connectivity index (χ2n) is 5.04. The number of nitrogens with zero attached hydrogens (tertiary/aromatic N) is 3. The highest BCUT2D eigenvalue weighted by Gasteiger charge is 1.98. The summed E-state index contributed by atoms with van der Waals surface area (Å²) in [6.07, 6.45) is 3.73. The van der Waals surface area contributed by atoms with Crippen molar-refractivity contribution in [3.63, 3.8) is 0 Å². The molecule has 0 saturated heterocycles. The van der Waals surface area contributed by atoms with Gasteiger partial charge < -0.3 is 11.1 Å². The van der Waals surface area contributed by atoms with Gasteiger partial charge in [-0.1, -0.05) is 36.4 Å². The van der Waals surface area contributed by atoms with Crippen LogP contribution in [0.3, 0.4) is 0 Å². The standard InChI is InChI=1S/C16H21N5.HI/c1-13(2)10-18-16(17)19-11-14-5-3-6-15(9-14)12-21-8-4-7-20-21;/h3-9H,1,10-12H2,2H3,(H3,17,18,19);1H. The largest absolute Gasteiger partial charge is 0.370 e. The Hall–Kier alpha value is -1.83. The van der Waals surface area contributed by atoms with Crippen LogP contribution in [0.4, 0.5) is 0 Å². The number of halogens is 1. The maximum Gasteiger partial charge on any atom is 0.189 e. The molecule has 0 amide bonds. The summed E-state index contributed by atoms with van der Waals surface area (Å²) < 4.78 is 1.89. The van der Waals surface area contributed by atoms with E-state index in [4.69, 9.17) is 5.73 Å². The molecule has 0 atom stereocenters. The lowest BCUT2D eigenvalue weighted by molar-refractivity contribution is 0.686. The zero-order valence-electron chi connectivity index (χ0n) is 12.7. The first-order chi connectivity index (χ1) is 10.1. The third-order valence-corrected chi connectivity index (χ3v) is 2.90. The number of rotatable bonds is 6. The first kappa shape index (κ1) is 18.2. The van der Waals surface area contributed by atoms with Crippen molar-refractivity contribution in [3.8, 4) is 0 Å². The van der Waals surface area contributed by atoms with Crippen molar-refractivity contribution in [3.05, 3.63) is 66.0 Å². The number of hydrogen-bond donors (Lipinski definition) is 2. The summed E-state index contributed by atoms with van der Waals surface area (Å²) in [5.41, 5.74) is 9.14. The quantitative estimate of drug-likeness (QED) is 0.332. The summed E-state index contributed by atoms with van der Waals surface area (Å²) >= 11 is 0. The number of benzene rings is 1. The van der Waals surface area contributed by atoms with Gasteiger partial charge in [0.05, 0.1) is 13.1 Å². The van der Waals surface area contributed by atoms with Crippen molar-refractivity contribution in [1.29, 1.82) is 0 Å². The molecule has 2 aromatic rings. The molecule has 0 spiro atoms. The Morgan fingerprint density at radius 1 is 1.36 bits per heavy atom. The molecule has 0 aliphatic rings. The minimum Gasteiger partial charge on any atom is -0.370 e. The molecule has 0 aliphatic heterocycles. The maximum atomic E-state index is 5.80. The van der Waals surface area contributed by atoms with Gasteiger partial charge in [-0.3, -0.25) is 4.68 Å². The topological polar surface area (TPSA) is 68.2 Å². The fourth-order valence-corrected chi connectivity index (χ4v) is 1.88. The van der Waals surface area contributed by atoms with Gasteiger partial charge in [0.2, 0.25) is 0 Å². The number of aliphatic imine (C=N–C) groups is 1. The zero-order valence-corrected chi connectivity index (χ0v) is 15.0. The highest BCUT2D eigenvalue weighted by molar-refractivity contribution is 14.0. The molecule has 5 nitrogen and oxygen atoms in total. The van der Waals surface area contributed by atoms with Crippen LogP contribution in [0.25, 0.3) is 0 Å². The molecular weight excluding hydrogens is 389 g/mol. The van der Waals surface area contributed by atoms with Gasteiger partial charge in [0.15, 0.2) is 5.96 Å². The van der Waals surface area contributed by atoms with Crippen molar-refractivity contribution in [1.82, 2.24) is 15.1 Å². The molecule has 0 fully saturated rings. The van der Waals surface area contributed by atoms with Crippen molar-refractivity contribution in [2.75, 3.05) is 6.54 Å². The number of nitrogens with two attached hydrogens (primary N) is 1. The fourth-order valence-electron chi connectivity index (χ4n) is 1.88. The van der Waals surface area contributed by atoms with E-state index < -0.39 is 0 Å². The van der Waals surface area contributed by atoms with Crippen molar-refractivity contribution < 1.29 is 0 Å². The molecule has 2 rings (SSSR count). The first-order valence-corrected chi connectivity index (χ1v) is 6.87. The van der Waals surface area contributed by atoms with E-state index in [0.29, 0.717) is 19.0 Å². The van der Waals surface area contributed by atoms with Gasteiger partial charge in [0.1, 0.15) is 0 Å². The van der Waals surface area contributed by atoms with E-state index in [1.807, 2.05) is 36.0 Å². The van der Waals surface area contributed by atoms with Crippen LogP contribution in [0.15, 0.2) is 59.9 Å². The summed E-state index contributed by atoms with van der Waals surface area (Å²) in [4.78, 5) is 4.32. The predicted octanol–water partition coefficient (Wildman–Crippen LogP) is 2.53. The highest BCUT2D eigenvalue weighted by Crippen LogP contribution is 2.08. The molecule has 3 N–H and O–H groups in total. The van der Waals surface area contributed by atoms with E-state index in [0.717, 1.165) is 17.7 Å². The molecule has 6 heteroatoms.